The average Bonchev–Trinajstić information content (AvgIpc) is 3.01. The monoisotopic (exact) mass is 391 g/mol. The molecule has 23 heavy (non-hydrogen) atoms. The van der Waals surface area contributed by atoms with Gasteiger partial charge in [-0.3, -0.25) is 0 Å². The fourth-order valence-corrected chi connectivity index (χ4v) is 5.80. The van der Waals surface area contributed by atoms with Crippen molar-refractivity contribution in [2.45, 2.75) is 23.2 Å². The molecule has 1 saturated heterocycles. The number of benzene rings is 1. The van der Waals surface area contributed by atoms with Crippen LogP contribution >= 0.6 is 35.0 Å². The fourth-order valence-electron chi connectivity index (χ4n) is 2.59. The van der Waals surface area contributed by atoms with Crippen molar-refractivity contribution in [3.63, 3.8) is 0 Å². The van der Waals surface area contributed by atoms with E-state index in [0.29, 0.717) is 22.2 Å². The highest BCUT2D eigenvalue weighted by Crippen LogP contribution is 2.31. The number of hydrogen-bond donors (Lipinski definition) is 0. The predicted molar refractivity (Wildman–Crippen MR) is 93.0 cm³/mol. The first-order valence-electron chi connectivity index (χ1n) is 7.02. The number of nitrogens with zero attached hydrogens (tertiary/aromatic N) is 3. The van der Waals surface area contributed by atoms with E-state index < -0.39 is 9.84 Å². The number of aromatic nitrogens is 3. The molecular weight excluding hydrogens is 377 g/mol. The molecule has 0 aliphatic carbocycles. The molecule has 3 rings (SSSR count). The molecule has 0 radical (unpaired) electrons. The van der Waals surface area contributed by atoms with Crippen LogP contribution in [0.1, 0.15) is 23.7 Å². The Morgan fingerprint density at radius 2 is 2.13 bits per heavy atom. The first kappa shape index (κ1) is 17.1. The molecule has 0 saturated carbocycles. The van der Waals surface area contributed by atoms with Crippen molar-refractivity contribution >= 4 is 44.8 Å². The van der Waals surface area contributed by atoms with E-state index in [1.54, 1.807) is 12.1 Å². The van der Waals surface area contributed by atoms with Crippen molar-refractivity contribution in [2.75, 3.05) is 11.5 Å². The van der Waals surface area contributed by atoms with Gasteiger partial charge < -0.3 is 4.57 Å². The van der Waals surface area contributed by atoms with E-state index in [4.69, 9.17) is 23.2 Å². The maximum atomic E-state index is 11.6. The van der Waals surface area contributed by atoms with Crippen molar-refractivity contribution in [1.82, 2.24) is 14.8 Å². The van der Waals surface area contributed by atoms with Crippen LogP contribution < -0.4 is 0 Å². The van der Waals surface area contributed by atoms with Gasteiger partial charge in [0.1, 0.15) is 5.82 Å². The molecule has 1 fully saturated rings. The van der Waals surface area contributed by atoms with Gasteiger partial charge >= 0.3 is 0 Å². The number of rotatable bonds is 4. The fraction of sp³-hybridized carbons (Fsp3) is 0.429. The maximum Gasteiger partial charge on any atom is 0.191 e. The molecular formula is C14H15Cl2N3O2S2. The summed E-state index contributed by atoms with van der Waals surface area (Å²) in [6.45, 7) is 0. The minimum Gasteiger partial charge on any atom is -0.309 e. The molecule has 1 aromatic carbocycles. The normalized spacial score (nSPS) is 20.0. The zero-order valence-corrected chi connectivity index (χ0v) is 15.5. The summed E-state index contributed by atoms with van der Waals surface area (Å²) in [5, 5.41) is 10.3. The Balaban J connectivity index is 1.72. The van der Waals surface area contributed by atoms with Gasteiger partial charge in [0.25, 0.3) is 0 Å². The second-order valence-electron chi connectivity index (χ2n) is 5.52. The van der Waals surface area contributed by atoms with Gasteiger partial charge in [0.15, 0.2) is 15.0 Å². The van der Waals surface area contributed by atoms with Crippen molar-refractivity contribution in [3.05, 3.63) is 39.6 Å². The molecule has 1 atom stereocenters. The molecule has 9 heteroatoms. The summed E-state index contributed by atoms with van der Waals surface area (Å²) in [4.78, 5) is 0. The Hall–Kier alpha value is -0.760. The van der Waals surface area contributed by atoms with Crippen LogP contribution in [0.2, 0.25) is 10.0 Å². The lowest BCUT2D eigenvalue weighted by atomic mass is 10.1. The first-order chi connectivity index (χ1) is 10.9. The molecule has 2 aromatic rings. The molecule has 0 N–H and O–H groups in total. The first-order valence-corrected chi connectivity index (χ1v) is 10.6. The molecule has 0 spiro atoms. The smallest absolute Gasteiger partial charge is 0.191 e. The van der Waals surface area contributed by atoms with Gasteiger partial charge in [-0.05, 0) is 24.1 Å². The zero-order chi connectivity index (χ0) is 16.6. The highest BCUT2D eigenvalue weighted by atomic mass is 35.5. The van der Waals surface area contributed by atoms with Crippen molar-refractivity contribution in [1.29, 1.82) is 0 Å². The molecule has 5 nitrogen and oxygen atoms in total. The highest BCUT2D eigenvalue weighted by molar-refractivity contribution is 7.98. The Morgan fingerprint density at radius 3 is 2.78 bits per heavy atom. The quantitative estimate of drug-likeness (QED) is 0.747. The van der Waals surface area contributed by atoms with E-state index in [-0.39, 0.29) is 17.4 Å². The van der Waals surface area contributed by atoms with Crippen molar-refractivity contribution in [2.24, 2.45) is 7.05 Å². The van der Waals surface area contributed by atoms with Crippen LogP contribution in [0.25, 0.3) is 0 Å². The summed E-state index contributed by atoms with van der Waals surface area (Å²) in [5.41, 5.74) is 0.967. The van der Waals surface area contributed by atoms with Crippen LogP contribution in [0.5, 0.6) is 0 Å². The number of halogens is 2. The molecule has 0 bridgehead atoms. The van der Waals surface area contributed by atoms with Gasteiger partial charge in [-0.1, -0.05) is 41.0 Å². The number of thioether (sulfide) groups is 1. The summed E-state index contributed by atoms with van der Waals surface area (Å²) >= 11 is 13.6. The molecule has 0 unspecified atom stereocenters. The lowest BCUT2D eigenvalue weighted by Gasteiger charge is -2.08. The van der Waals surface area contributed by atoms with Gasteiger partial charge in [0, 0.05) is 28.8 Å². The van der Waals surface area contributed by atoms with Gasteiger partial charge in [-0.2, -0.15) is 0 Å². The van der Waals surface area contributed by atoms with Gasteiger partial charge in [-0.25, -0.2) is 8.42 Å². The number of hydrogen-bond acceptors (Lipinski definition) is 5. The van der Waals surface area contributed by atoms with Crippen molar-refractivity contribution < 1.29 is 8.42 Å². The third kappa shape index (κ3) is 3.84. The summed E-state index contributed by atoms with van der Waals surface area (Å²) in [6.07, 6.45) is 0.613. The summed E-state index contributed by atoms with van der Waals surface area (Å²) in [7, 11) is -1.07. The minimum absolute atomic E-state index is 0.0639. The third-order valence-corrected chi connectivity index (χ3v) is 7.26. The van der Waals surface area contributed by atoms with Gasteiger partial charge in [0.05, 0.1) is 11.5 Å². The lowest BCUT2D eigenvalue weighted by molar-refractivity contribution is 0.599. The minimum atomic E-state index is -2.93. The number of sulfone groups is 1. The molecule has 1 aliphatic heterocycles. The van der Waals surface area contributed by atoms with E-state index in [0.717, 1.165) is 16.5 Å². The van der Waals surface area contributed by atoms with Crippen LogP contribution in [0.3, 0.4) is 0 Å². The molecule has 1 aromatic heterocycles. The van der Waals surface area contributed by atoms with E-state index >= 15 is 0 Å². The maximum absolute atomic E-state index is 11.6. The van der Waals surface area contributed by atoms with Crippen LogP contribution in [-0.2, 0) is 22.6 Å². The topological polar surface area (TPSA) is 64.8 Å². The third-order valence-electron chi connectivity index (χ3n) is 3.84. The standard InChI is InChI=1S/C14H15Cl2N3O2S2/c1-19-13(10-4-5-23(20,21)8-10)17-18-14(19)22-7-9-2-3-11(15)6-12(9)16/h2-3,6,10H,4-5,7-8H2,1H3/t10-/m0/s1. The molecule has 2 heterocycles. The Bertz CT molecular complexity index is 837. The van der Waals surface area contributed by atoms with E-state index in [1.165, 1.54) is 11.8 Å². The molecule has 1 aliphatic rings. The van der Waals surface area contributed by atoms with Crippen LogP contribution in [0, 0.1) is 0 Å². The van der Waals surface area contributed by atoms with Gasteiger partial charge in [-0.15, -0.1) is 10.2 Å². The predicted octanol–water partition coefficient (Wildman–Crippen LogP) is 3.32. The van der Waals surface area contributed by atoms with Crippen LogP contribution in [0.15, 0.2) is 23.4 Å². The SMILES string of the molecule is Cn1c(SCc2ccc(Cl)cc2Cl)nnc1[C@H]1CCS(=O)(=O)C1. The average molecular weight is 392 g/mol. The second-order valence-corrected chi connectivity index (χ2v) is 9.54. The van der Waals surface area contributed by atoms with E-state index in [1.807, 2.05) is 17.7 Å². The highest BCUT2D eigenvalue weighted by Gasteiger charge is 2.32. The zero-order valence-electron chi connectivity index (χ0n) is 12.4. The van der Waals surface area contributed by atoms with E-state index in [2.05, 4.69) is 10.2 Å². The van der Waals surface area contributed by atoms with Crippen LogP contribution in [0.4, 0.5) is 0 Å². The second kappa shape index (κ2) is 6.63. The summed E-state index contributed by atoms with van der Waals surface area (Å²) < 4.78 is 25.1. The lowest BCUT2D eigenvalue weighted by Crippen LogP contribution is -2.09. The Kier molecular flexibility index (Phi) is 4.92. The van der Waals surface area contributed by atoms with Crippen molar-refractivity contribution in [3.8, 4) is 0 Å². The summed E-state index contributed by atoms with van der Waals surface area (Å²) in [5.74, 6) is 1.70. The van der Waals surface area contributed by atoms with Crippen LogP contribution in [-0.4, -0.2) is 34.7 Å². The Labute approximate surface area is 149 Å². The molecule has 124 valence electrons. The van der Waals surface area contributed by atoms with E-state index in [9.17, 15) is 8.42 Å². The van der Waals surface area contributed by atoms with Gasteiger partial charge in [0.2, 0.25) is 0 Å². The Morgan fingerprint density at radius 1 is 1.35 bits per heavy atom. The molecule has 0 amide bonds. The summed E-state index contributed by atoms with van der Waals surface area (Å²) in [6, 6.07) is 5.40. The largest absolute Gasteiger partial charge is 0.309 e.